The molecule has 2 aliphatic rings. The van der Waals surface area contributed by atoms with Crippen molar-refractivity contribution >= 4 is 11.4 Å². The average Bonchev–Trinajstić information content (AvgIpc) is 2.97. The molecule has 0 spiro atoms. The van der Waals surface area contributed by atoms with E-state index in [4.69, 9.17) is 0 Å². The van der Waals surface area contributed by atoms with E-state index >= 15 is 0 Å². The van der Waals surface area contributed by atoms with Gasteiger partial charge in [-0.25, -0.2) is 0 Å². The van der Waals surface area contributed by atoms with Crippen LogP contribution in [-0.4, -0.2) is 11.1 Å². The van der Waals surface area contributed by atoms with Crippen molar-refractivity contribution in [2.75, 3.05) is 4.90 Å². The molecule has 1 saturated carbocycles. The molecule has 2 heteroatoms. The van der Waals surface area contributed by atoms with Gasteiger partial charge in [0.1, 0.15) is 5.75 Å². The molecule has 0 aliphatic heterocycles. The predicted octanol–water partition coefficient (Wildman–Crippen LogP) is 7.39. The molecule has 2 aliphatic carbocycles. The summed E-state index contributed by atoms with van der Waals surface area (Å²) >= 11 is 0. The zero-order valence-electron chi connectivity index (χ0n) is 19.1. The van der Waals surface area contributed by atoms with Crippen LogP contribution in [0.3, 0.4) is 0 Å². The molecule has 1 fully saturated rings. The maximum Gasteiger partial charge on any atom is 0.115 e. The van der Waals surface area contributed by atoms with Crippen molar-refractivity contribution < 1.29 is 5.11 Å². The van der Waals surface area contributed by atoms with Crippen molar-refractivity contribution in [2.45, 2.75) is 64.3 Å². The van der Waals surface area contributed by atoms with Crippen LogP contribution in [-0.2, 0) is 5.41 Å². The third kappa shape index (κ3) is 3.43. The number of aryl methyl sites for hydroxylation is 2. The van der Waals surface area contributed by atoms with E-state index in [2.05, 4.69) is 87.2 Å². The van der Waals surface area contributed by atoms with E-state index in [9.17, 15) is 5.11 Å². The van der Waals surface area contributed by atoms with E-state index in [1.54, 1.807) is 0 Å². The Hall–Kier alpha value is -2.74. The largest absolute Gasteiger partial charge is 0.508 e. The maximum absolute atomic E-state index is 10.1. The quantitative estimate of drug-likeness (QED) is 0.485. The minimum absolute atomic E-state index is 0.0730. The van der Waals surface area contributed by atoms with Crippen molar-refractivity contribution in [3.8, 4) is 5.75 Å². The van der Waals surface area contributed by atoms with Crippen molar-refractivity contribution in [2.24, 2.45) is 5.92 Å². The van der Waals surface area contributed by atoms with E-state index in [0.29, 0.717) is 23.6 Å². The Labute approximate surface area is 186 Å². The Balaban J connectivity index is 1.52. The molecule has 0 aromatic heterocycles. The molecular weight excluding hydrogens is 378 g/mol. The number of phenolic OH excluding ortho intramolecular Hbond substituents is 1. The molecule has 3 unspecified atom stereocenters. The lowest BCUT2D eigenvalue weighted by Crippen LogP contribution is -2.41. The maximum atomic E-state index is 10.1. The van der Waals surface area contributed by atoms with Gasteiger partial charge in [0.2, 0.25) is 0 Å². The second-order valence-corrected chi connectivity index (χ2v) is 10.2. The monoisotopic (exact) mass is 411 g/mol. The molecule has 2 nitrogen and oxygen atoms in total. The molecule has 3 atom stereocenters. The Morgan fingerprint density at radius 1 is 0.806 bits per heavy atom. The minimum Gasteiger partial charge on any atom is -0.508 e. The van der Waals surface area contributed by atoms with Gasteiger partial charge in [0, 0.05) is 17.4 Å². The lowest BCUT2D eigenvalue weighted by atomic mass is 9.68. The number of phenols is 1. The van der Waals surface area contributed by atoms with Crippen LogP contribution in [0.4, 0.5) is 11.4 Å². The van der Waals surface area contributed by atoms with Gasteiger partial charge in [0.05, 0.1) is 0 Å². The van der Waals surface area contributed by atoms with Crippen LogP contribution in [0.5, 0.6) is 5.75 Å². The second kappa shape index (κ2) is 7.44. The SMILES string of the molecule is Cc1ccc(N(c2ccc(C)cc2)C2CCC3c4ccc(O)cc4C(C)(C)C3C2)cc1. The predicted molar refractivity (Wildman–Crippen MR) is 129 cm³/mol. The molecule has 0 radical (unpaired) electrons. The summed E-state index contributed by atoms with van der Waals surface area (Å²) in [6.45, 7) is 9.05. The first-order valence-corrected chi connectivity index (χ1v) is 11.6. The Bertz CT molecular complexity index is 1040. The molecule has 0 saturated heterocycles. The summed E-state index contributed by atoms with van der Waals surface area (Å²) in [5.74, 6) is 1.57. The highest BCUT2D eigenvalue weighted by atomic mass is 16.3. The van der Waals surface area contributed by atoms with Gasteiger partial charge < -0.3 is 10.0 Å². The number of hydrogen-bond donors (Lipinski definition) is 1. The van der Waals surface area contributed by atoms with Crippen LogP contribution in [0, 0.1) is 19.8 Å². The van der Waals surface area contributed by atoms with Crippen LogP contribution >= 0.6 is 0 Å². The van der Waals surface area contributed by atoms with Crippen molar-refractivity contribution in [1.82, 2.24) is 0 Å². The van der Waals surface area contributed by atoms with Crippen LogP contribution in [0.15, 0.2) is 66.7 Å². The number of hydrogen-bond acceptors (Lipinski definition) is 2. The van der Waals surface area contributed by atoms with Gasteiger partial charge in [0.15, 0.2) is 0 Å². The lowest BCUT2D eigenvalue weighted by molar-refractivity contribution is 0.213. The number of benzene rings is 3. The van der Waals surface area contributed by atoms with E-state index in [1.807, 2.05) is 12.1 Å². The number of anilines is 2. The van der Waals surface area contributed by atoms with Gasteiger partial charge in [-0.15, -0.1) is 0 Å². The molecular formula is C29H33NO. The summed E-state index contributed by atoms with van der Waals surface area (Å²) in [5.41, 5.74) is 8.03. The number of aromatic hydroxyl groups is 1. The summed E-state index contributed by atoms with van der Waals surface area (Å²) in [4.78, 5) is 2.58. The van der Waals surface area contributed by atoms with Crippen molar-refractivity contribution in [3.63, 3.8) is 0 Å². The first kappa shape index (κ1) is 20.2. The lowest BCUT2D eigenvalue weighted by Gasteiger charge is -2.44. The van der Waals surface area contributed by atoms with Crippen LogP contribution in [0.2, 0.25) is 0 Å². The third-order valence-corrected chi connectivity index (χ3v) is 7.87. The fourth-order valence-electron chi connectivity index (χ4n) is 6.16. The molecule has 1 N–H and O–H groups in total. The molecule has 0 amide bonds. The summed E-state index contributed by atoms with van der Waals surface area (Å²) in [7, 11) is 0. The highest BCUT2D eigenvalue weighted by molar-refractivity contribution is 5.65. The number of fused-ring (bicyclic) bond motifs is 3. The first-order chi connectivity index (χ1) is 14.8. The summed E-state index contributed by atoms with van der Waals surface area (Å²) in [5, 5.41) is 10.1. The zero-order valence-corrected chi connectivity index (χ0v) is 19.1. The number of rotatable bonds is 3. The highest BCUT2D eigenvalue weighted by Gasteiger charge is 2.49. The molecule has 0 bridgehead atoms. The zero-order chi connectivity index (χ0) is 21.8. The smallest absolute Gasteiger partial charge is 0.115 e. The second-order valence-electron chi connectivity index (χ2n) is 10.2. The Kier molecular flexibility index (Phi) is 4.84. The fourth-order valence-corrected chi connectivity index (χ4v) is 6.16. The van der Waals surface area contributed by atoms with E-state index in [0.717, 1.165) is 6.42 Å². The van der Waals surface area contributed by atoms with Gasteiger partial charge in [0.25, 0.3) is 0 Å². The van der Waals surface area contributed by atoms with Crippen molar-refractivity contribution in [1.29, 1.82) is 0 Å². The minimum atomic E-state index is 0.0730. The summed E-state index contributed by atoms with van der Waals surface area (Å²) in [6, 6.07) is 24.5. The van der Waals surface area contributed by atoms with Gasteiger partial charge in [-0.1, -0.05) is 55.3 Å². The molecule has 31 heavy (non-hydrogen) atoms. The van der Waals surface area contributed by atoms with E-state index in [-0.39, 0.29) is 5.41 Å². The molecule has 160 valence electrons. The van der Waals surface area contributed by atoms with Gasteiger partial charge in [-0.2, -0.15) is 0 Å². The van der Waals surface area contributed by atoms with Gasteiger partial charge >= 0.3 is 0 Å². The third-order valence-electron chi connectivity index (χ3n) is 7.87. The molecule has 0 heterocycles. The summed E-state index contributed by atoms with van der Waals surface area (Å²) in [6.07, 6.45) is 3.54. The fraction of sp³-hybridized carbons (Fsp3) is 0.379. The Morgan fingerprint density at radius 2 is 1.39 bits per heavy atom. The number of nitrogens with zero attached hydrogens (tertiary/aromatic N) is 1. The van der Waals surface area contributed by atoms with Crippen LogP contribution < -0.4 is 4.90 Å². The Morgan fingerprint density at radius 3 is 1.97 bits per heavy atom. The normalized spacial score (nSPS) is 23.8. The van der Waals surface area contributed by atoms with Gasteiger partial charge in [-0.3, -0.25) is 0 Å². The van der Waals surface area contributed by atoms with Crippen LogP contribution in [0.1, 0.15) is 61.3 Å². The van der Waals surface area contributed by atoms with Crippen LogP contribution in [0.25, 0.3) is 0 Å². The summed E-state index contributed by atoms with van der Waals surface area (Å²) < 4.78 is 0. The topological polar surface area (TPSA) is 23.5 Å². The average molecular weight is 412 g/mol. The van der Waals surface area contributed by atoms with E-state index < -0.39 is 0 Å². The van der Waals surface area contributed by atoms with Gasteiger partial charge in [-0.05, 0) is 97.9 Å². The highest BCUT2D eigenvalue weighted by Crippen LogP contribution is 2.57. The van der Waals surface area contributed by atoms with E-state index in [1.165, 1.54) is 46.5 Å². The molecule has 3 aromatic rings. The van der Waals surface area contributed by atoms with Crippen molar-refractivity contribution in [3.05, 3.63) is 89.0 Å². The molecule has 3 aromatic carbocycles. The first-order valence-electron chi connectivity index (χ1n) is 11.6. The standard InChI is InChI=1S/C29H33NO/c1-19-5-9-21(10-6-19)30(22-11-7-20(2)8-12-22)23-13-15-25-26-16-14-24(31)18-28(26)29(3,4)27(25)17-23/h5-12,14,16,18,23,25,27,31H,13,15,17H2,1-4H3. The molecule has 5 rings (SSSR count).